The fraction of sp³-hybridized carbons (Fsp3) is 0.250. The molecule has 0 heterocycles. The van der Waals surface area contributed by atoms with E-state index in [0.717, 1.165) is 11.1 Å². The Bertz CT molecular complexity index is 827. The van der Waals surface area contributed by atoms with Crippen molar-refractivity contribution in [2.45, 2.75) is 26.9 Å². The highest BCUT2D eigenvalue weighted by Gasteiger charge is 2.20. The van der Waals surface area contributed by atoms with E-state index in [0.29, 0.717) is 11.3 Å². The Kier molecular flexibility index (Phi) is 6.11. The van der Waals surface area contributed by atoms with Crippen molar-refractivity contribution in [1.29, 1.82) is 0 Å². The van der Waals surface area contributed by atoms with Gasteiger partial charge in [0.05, 0.1) is 18.2 Å². The van der Waals surface area contributed by atoms with E-state index in [-0.39, 0.29) is 5.56 Å². The van der Waals surface area contributed by atoms with Gasteiger partial charge in [-0.25, -0.2) is 9.59 Å². The van der Waals surface area contributed by atoms with E-state index < -0.39 is 23.9 Å². The molecule has 1 N–H and O–H groups in total. The van der Waals surface area contributed by atoms with Crippen LogP contribution in [0.1, 0.15) is 38.8 Å². The van der Waals surface area contributed by atoms with Gasteiger partial charge in [-0.15, -0.1) is 0 Å². The van der Waals surface area contributed by atoms with Crippen LogP contribution in [0.5, 0.6) is 0 Å². The summed E-state index contributed by atoms with van der Waals surface area (Å²) in [5.41, 5.74) is 3.25. The van der Waals surface area contributed by atoms with Crippen LogP contribution in [-0.4, -0.2) is 31.1 Å². The SMILES string of the molecule is COC(=O)c1ccc(C(=O)OC(C)C(=O)Nc2ccc(C)cc2C)cc1. The smallest absolute Gasteiger partial charge is 0.338 e. The molecule has 0 aliphatic heterocycles. The lowest BCUT2D eigenvalue weighted by Gasteiger charge is -2.15. The lowest BCUT2D eigenvalue weighted by atomic mass is 10.1. The first kappa shape index (κ1) is 19.2. The van der Waals surface area contributed by atoms with Crippen LogP contribution < -0.4 is 5.32 Å². The number of esters is 2. The van der Waals surface area contributed by atoms with Gasteiger partial charge in [0, 0.05) is 5.69 Å². The zero-order chi connectivity index (χ0) is 19.3. The van der Waals surface area contributed by atoms with Gasteiger partial charge < -0.3 is 14.8 Å². The van der Waals surface area contributed by atoms with Crippen molar-refractivity contribution in [3.8, 4) is 0 Å². The molecule has 26 heavy (non-hydrogen) atoms. The number of hydrogen-bond donors (Lipinski definition) is 1. The Balaban J connectivity index is 1.99. The van der Waals surface area contributed by atoms with Crippen LogP contribution in [0.2, 0.25) is 0 Å². The van der Waals surface area contributed by atoms with Crippen LogP contribution in [-0.2, 0) is 14.3 Å². The number of aryl methyl sites for hydroxylation is 2. The number of benzene rings is 2. The fourth-order valence-corrected chi connectivity index (χ4v) is 2.33. The van der Waals surface area contributed by atoms with Gasteiger partial charge in [0.25, 0.3) is 5.91 Å². The average Bonchev–Trinajstić information content (AvgIpc) is 2.63. The molecular formula is C20H21NO5. The molecule has 0 saturated heterocycles. The summed E-state index contributed by atoms with van der Waals surface area (Å²) in [5.74, 6) is -1.56. The molecule has 0 saturated carbocycles. The van der Waals surface area contributed by atoms with Crippen molar-refractivity contribution in [3.05, 3.63) is 64.7 Å². The van der Waals surface area contributed by atoms with Crippen LogP contribution in [0.15, 0.2) is 42.5 Å². The molecule has 0 aliphatic carbocycles. The maximum absolute atomic E-state index is 12.2. The molecule has 1 amide bonds. The summed E-state index contributed by atoms with van der Waals surface area (Å²) in [7, 11) is 1.28. The summed E-state index contributed by atoms with van der Waals surface area (Å²) in [6.07, 6.45) is -0.969. The Morgan fingerprint density at radius 3 is 2.04 bits per heavy atom. The van der Waals surface area contributed by atoms with Gasteiger partial charge in [-0.05, 0) is 56.7 Å². The van der Waals surface area contributed by atoms with Crippen LogP contribution in [0.3, 0.4) is 0 Å². The lowest BCUT2D eigenvalue weighted by molar-refractivity contribution is -0.123. The normalized spacial score (nSPS) is 11.4. The van der Waals surface area contributed by atoms with Crippen molar-refractivity contribution in [2.24, 2.45) is 0 Å². The highest BCUT2D eigenvalue weighted by Crippen LogP contribution is 2.17. The maximum atomic E-state index is 12.2. The van der Waals surface area contributed by atoms with Crippen molar-refractivity contribution >= 4 is 23.5 Å². The number of methoxy groups -OCH3 is 1. The molecular weight excluding hydrogens is 334 g/mol. The van der Waals surface area contributed by atoms with E-state index in [9.17, 15) is 14.4 Å². The molecule has 0 aromatic heterocycles. The molecule has 0 aliphatic rings. The minimum Gasteiger partial charge on any atom is -0.465 e. The van der Waals surface area contributed by atoms with E-state index >= 15 is 0 Å². The summed E-state index contributed by atoms with van der Waals surface area (Å²) < 4.78 is 9.79. The van der Waals surface area contributed by atoms with Gasteiger partial charge >= 0.3 is 11.9 Å². The van der Waals surface area contributed by atoms with Gasteiger partial charge in [0.1, 0.15) is 0 Å². The van der Waals surface area contributed by atoms with Crippen molar-refractivity contribution in [1.82, 2.24) is 0 Å². The number of ether oxygens (including phenoxy) is 2. The number of rotatable bonds is 5. The van der Waals surface area contributed by atoms with Crippen LogP contribution >= 0.6 is 0 Å². The summed E-state index contributed by atoms with van der Waals surface area (Å²) in [6.45, 7) is 5.36. The highest BCUT2D eigenvalue weighted by molar-refractivity contribution is 5.98. The third kappa shape index (κ3) is 4.69. The van der Waals surface area contributed by atoms with Crippen molar-refractivity contribution < 1.29 is 23.9 Å². The standard InChI is InChI=1S/C20H21NO5/c1-12-5-10-17(13(2)11-12)21-18(22)14(3)26-20(24)16-8-6-15(7-9-16)19(23)25-4/h5-11,14H,1-4H3,(H,21,22). The Hall–Kier alpha value is -3.15. The molecule has 6 nitrogen and oxygen atoms in total. The molecule has 2 aromatic rings. The maximum Gasteiger partial charge on any atom is 0.338 e. The van der Waals surface area contributed by atoms with E-state index in [1.54, 1.807) is 0 Å². The van der Waals surface area contributed by atoms with E-state index in [1.807, 2.05) is 32.0 Å². The largest absolute Gasteiger partial charge is 0.465 e. The third-order valence-electron chi connectivity index (χ3n) is 3.83. The fourth-order valence-electron chi connectivity index (χ4n) is 2.33. The molecule has 1 unspecified atom stereocenters. The molecule has 136 valence electrons. The number of carbonyl (C=O) groups is 3. The second-order valence-corrected chi connectivity index (χ2v) is 5.92. The van der Waals surface area contributed by atoms with Gasteiger partial charge in [-0.2, -0.15) is 0 Å². The number of nitrogens with one attached hydrogen (secondary N) is 1. The van der Waals surface area contributed by atoms with Crippen molar-refractivity contribution in [2.75, 3.05) is 12.4 Å². The number of amides is 1. The lowest BCUT2D eigenvalue weighted by Crippen LogP contribution is -2.30. The van der Waals surface area contributed by atoms with Gasteiger partial charge in [0.2, 0.25) is 0 Å². The summed E-state index contributed by atoms with van der Waals surface area (Å²) >= 11 is 0. The topological polar surface area (TPSA) is 81.7 Å². The first-order valence-corrected chi connectivity index (χ1v) is 8.09. The molecule has 0 fully saturated rings. The van der Waals surface area contributed by atoms with E-state index in [2.05, 4.69) is 10.1 Å². The predicted molar refractivity (Wildman–Crippen MR) is 97.2 cm³/mol. The van der Waals surface area contributed by atoms with Crippen LogP contribution in [0.25, 0.3) is 0 Å². The van der Waals surface area contributed by atoms with E-state index in [1.165, 1.54) is 38.3 Å². The highest BCUT2D eigenvalue weighted by atomic mass is 16.5. The summed E-state index contributed by atoms with van der Waals surface area (Å²) in [6, 6.07) is 11.5. The summed E-state index contributed by atoms with van der Waals surface area (Å²) in [5, 5.41) is 2.75. The van der Waals surface area contributed by atoms with Crippen LogP contribution in [0.4, 0.5) is 5.69 Å². The average molecular weight is 355 g/mol. The second-order valence-electron chi connectivity index (χ2n) is 5.92. The molecule has 0 bridgehead atoms. The number of anilines is 1. The Labute approximate surface area is 152 Å². The summed E-state index contributed by atoms with van der Waals surface area (Å²) in [4.78, 5) is 35.8. The second kappa shape index (κ2) is 8.29. The van der Waals surface area contributed by atoms with E-state index in [4.69, 9.17) is 4.74 Å². The van der Waals surface area contributed by atoms with Gasteiger partial charge in [-0.1, -0.05) is 17.7 Å². The third-order valence-corrected chi connectivity index (χ3v) is 3.83. The molecule has 6 heteroatoms. The van der Waals surface area contributed by atoms with Crippen molar-refractivity contribution in [3.63, 3.8) is 0 Å². The molecule has 1 atom stereocenters. The molecule has 0 spiro atoms. The number of carbonyl (C=O) groups excluding carboxylic acids is 3. The Morgan fingerprint density at radius 2 is 1.50 bits per heavy atom. The first-order chi connectivity index (χ1) is 12.3. The number of hydrogen-bond acceptors (Lipinski definition) is 5. The molecule has 2 rings (SSSR count). The molecule has 2 aromatic carbocycles. The zero-order valence-corrected chi connectivity index (χ0v) is 15.2. The van der Waals surface area contributed by atoms with Crippen LogP contribution in [0, 0.1) is 13.8 Å². The minimum atomic E-state index is -0.969. The minimum absolute atomic E-state index is 0.240. The van der Waals surface area contributed by atoms with Gasteiger partial charge in [-0.3, -0.25) is 4.79 Å². The quantitative estimate of drug-likeness (QED) is 0.833. The first-order valence-electron chi connectivity index (χ1n) is 8.09. The molecule has 0 radical (unpaired) electrons. The predicted octanol–water partition coefficient (Wildman–Crippen LogP) is 3.27. The monoisotopic (exact) mass is 355 g/mol. The Morgan fingerprint density at radius 1 is 0.923 bits per heavy atom. The van der Waals surface area contributed by atoms with Gasteiger partial charge in [0.15, 0.2) is 6.10 Å². The zero-order valence-electron chi connectivity index (χ0n) is 15.2.